The highest BCUT2D eigenvalue weighted by Crippen LogP contribution is 2.24. The highest BCUT2D eigenvalue weighted by atomic mass is 32.2. The predicted octanol–water partition coefficient (Wildman–Crippen LogP) is 1.71. The third-order valence-corrected chi connectivity index (χ3v) is 7.67. The Labute approximate surface area is 152 Å². The average Bonchev–Trinajstić information content (AvgIpc) is 2.95. The minimum Gasteiger partial charge on any atom is -0.381 e. The van der Waals surface area contributed by atoms with Crippen molar-refractivity contribution in [2.24, 2.45) is 16.8 Å². The van der Waals surface area contributed by atoms with Crippen molar-refractivity contribution in [2.45, 2.75) is 64.0 Å². The van der Waals surface area contributed by atoms with Gasteiger partial charge in [0.15, 0.2) is 15.8 Å². The van der Waals surface area contributed by atoms with E-state index in [1.54, 1.807) is 0 Å². The van der Waals surface area contributed by atoms with Crippen LogP contribution in [0.25, 0.3) is 0 Å². The van der Waals surface area contributed by atoms with Gasteiger partial charge in [0.2, 0.25) is 0 Å². The Morgan fingerprint density at radius 3 is 2.52 bits per heavy atom. The molecule has 6 nitrogen and oxygen atoms in total. The molecule has 7 heteroatoms. The number of rotatable bonds is 4. The lowest BCUT2D eigenvalue weighted by atomic mass is 9.86. The summed E-state index contributed by atoms with van der Waals surface area (Å²) in [6, 6.07) is 0.860. The first-order valence-corrected chi connectivity index (χ1v) is 11.7. The van der Waals surface area contributed by atoms with Crippen molar-refractivity contribution in [1.29, 1.82) is 0 Å². The third-order valence-electron chi connectivity index (χ3n) is 5.83. The van der Waals surface area contributed by atoms with Gasteiger partial charge in [-0.3, -0.25) is 4.99 Å². The van der Waals surface area contributed by atoms with Crippen molar-refractivity contribution < 1.29 is 13.2 Å². The quantitative estimate of drug-likeness (QED) is 0.581. The molecule has 3 unspecified atom stereocenters. The van der Waals surface area contributed by atoms with Crippen LogP contribution in [-0.4, -0.2) is 57.7 Å². The van der Waals surface area contributed by atoms with Crippen molar-refractivity contribution >= 4 is 15.8 Å². The normalized spacial score (nSPS) is 34.0. The van der Waals surface area contributed by atoms with Gasteiger partial charge in [0.05, 0.1) is 11.5 Å². The fourth-order valence-corrected chi connectivity index (χ4v) is 5.96. The lowest BCUT2D eigenvalue weighted by Gasteiger charge is -2.33. The van der Waals surface area contributed by atoms with Crippen molar-refractivity contribution in [3.63, 3.8) is 0 Å². The van der Waals surface area contributed by atoms with Gasteiger partial charge in [0.25, 0.3) is 0 Å². The summed E-state index contributed by atoms with van der Waals surface area (Å²) >= 11 is 0. The van der Waals surface area contributed by atoms with Crippen molar-refractivity contribution in [3.8, 4) is 0 Å². The predicted molar refractivity (Wildman–Crippen MR) is 101 cm³/mol. The van der Waals surface area contributed by atoms with Gasteiger partial charge in [0, 0.05) is 31.8 Å². The number of sulfone groups is 1. The minimum atomic E-state index is -2.83. The number of hydrogen-bond acceptors (Lipinski definition) is 4. The van der Waals surface area contributed by atoms with E-state index in [0.29, 0.717) is 36.1 Å². The molecule has 2 aliphatic heterocycles. The van der Waals surface area contributed by atoms with E-state index in [0.717, 1.165) is 38.4 Å². The van der Waals surface area contributed by atoms with Crippen LogP contribution >= 0.6 is 0 Å². The molecular formula is C18H33N3O3S. The molecule has 1 saturated carbocycles. The number of nitrogens with one attached hydrogen (secondary N) is 2. The molecule has 2 saturated heterocycles. The zero-order valence-electron chi connectivity index (χ0n) is 15.4. The first-order valence-electron chi connectivity index (χ1n) is 9.87. The van der Waals surface area contributed by atoms with Crippen LogP contribution in [0.15, 0.2) is 4.99 Å². The van der Waals surface area contributed by atoms with Gasteiger partial charge in [-0.15, -0.1) is 0 Å². The van der Waals surface area contributed by atoms with E-state index in [9.17, 15) is 8.42 Å². The SMILES string of the molecule is CC1CCCCC1NC(=NCC1CCS(=O)(=O)C1)NC1CCOCC1. The summed E-state index contributed by atoms with van der Waals surface area (Å²) in [6.07, 6.45) is 7.79. The molecule has 0 aromatic heterocycles. The topological polar surface area (TPSA) is 79.8 Å². The van der Waals surface area contributed by atoms with Gasteiger partial charge < -0.3 is 15.4 Å². The van der Waals surface area contributed by atoms with E-state index in [4.69, 9.17) is 9.73 Å². The number of ether oxygens (including phenoxy) is 1. The van der Waals surface area contributed by atoms with Crippen molar-refractivity contribution in [3.05, 3.63) is 0 Å². The summed E-state index contributed by atoms with van der Waals surface area (Å²) in [6.45, 7) is 4.50. The Balaban J connectivity index is 1.61. The Morgan fingerprint density at radius 1 is 1.08 bits per heavy atom. The van der Waals surface area contributed by atoms with Gasteiger partial charge >= 0.3 is 0 Å². The molecule has 0 spiro atoms. The van der Waals surface area contributed by atoms with Crippen LogP contribution in [0.1, 0.15) is 51.9 Å². The molecule has 0 aromatic carbocycles. The zero-order valence-corrected chi connectivity index (χ0v) is 16.2. The smallest absolute Gasteiger partial charge is 0.191 e. The molecule has 3 aliphatic rings. The molecule has 25 heavy (non-hydrogen) atoms. The van der Waals surface area contributed by atoms with E-state index in [2.05, 4.69) is 17.6 Å². The van der Waals surface area contributed by atoms with Gasteiger partial charge in [0.1, 0.15) is 0 Å². The second-order valence-electron chi connectivity index (χ2n) is 8.00. The van der Waals surface area contributed by atoms with E-state index >= 15 is 0 Å². The lowest BCUT2D eigenvalue weighted by molar-refractivity contribution is 0.0821. The summed E-state index contributed by atoms with van der Waals surface area (Å²) in [4.78, 5) is 4.78. The largest absolute Gasteiger partial charge is 0.381 e. The molecule has 3 atom stereocenters. The van der Waals surface area contributed by atoms with E-state index in [1.165, 1.54) is 25.7 Å². The summed E-state index contributed by atoms with van der Waals surface area (Å²) in [7, 11) is -2.83. The fourth-order valence-electron chi connectivity index (χ4n) is 4.11. The highest BCUT2D eigenvalue weighted by molar-refractivity contribution is 7.91. The number of guanidine groups is 1. The van der Waals surface area contributed by atoms with Crippen LogP contribution in [0.5, 0.6) is 0 Å². The molecule has 3 fully saturated rings. The van der Waals surface area contributed by atoms with Gasteiger partial charge in [-0.1, -0.05) is 19.8 Å². The molecule has 0 bridgehead atoms. The average molecular weight is 372 g/mol. The van der Waals surface area contributed by atoms with Crippen LogP contribution in [0.3, 0.4) is 0 Å². The van der Waals surface area contributed by atoms with E-state index < -0.39 is 9.84 Å². The van der Waals surface area contributed by atoms with E-state index in [-0.39, 0.29) is 5.92 Å². The Kier molecular flexibility index (Phi) is 6.61. The van der Waals surface area contributed by atoms with Crippen molar-refractivity contribution in [2.75, 3.05) is 31.3 Å². The highest BCUT2D eigenvalue weighted by Gasteiger charge is 2.28. The summed E-state index contributed by atoms with van der Waals surface area (Å²) in [5, 5.41) is 7.22. The minimum absolute atomic E-state index is 0.169. The lowest BCUT2D eigenvalue weighted by Crippen LogP contribution is -2.51. The Bertz CT molecular complexity index is 558. The molecule has 0 radical (unpaired) electrons. The van der Waals surface area contributed by atoms with Crippen LogP contribution in [0.4, 0.5) is 0 Å². The molecule has 3 rings (SSSR count). The number of hydrogen-bond donors (Lipinski definition) is 2. The summed E-state index contributed by atoms with van der Waals surface area (Å²) in [5.41, 5.74) is 0. The fraction of sp³-hybridized carbons (Fsp3) is 0.944. The monoisotopic (exact) mass is 371 g/mol. The Morgan fingerprint density at radius 2 is 1.84 bits per heavy atom. The molecule has 1 aliphatic carbocycles. The number of aliphatic imine (C=N–C) groups is 1. The van der Waals surface area contributed by atoms with Crippen LogP contribution in [0.2, 0.25) is 0 Å². The van der Waals surface area contributed by atoms with Gasteiger partial charge in [-0.25, -0.2) is 8.42 Å². The summed E-state index contributed by atoms with van der Waals surface area (Å²) in [5.74, 6) is 2.31. The molecule has 0 aromatic rings. The molecule has 0 amide bonds. The van der Waals surface area contributed by atoms with Gasteiger partial charge in [-0.2, -0.15) is 0 Å². The maximum Gasteiger partial charge on any atom is 0.191 e. The van der Waals surface area contributed by atoms with Gasteiger partial charge in [-0.05, 0) is 43.9 Å². The van der Waals surface area contributed by atoms with E-state index in [1.807, 2.05) is 0 Å². The van der Waals surface area contributed by atoms with Crippen LogP contribution < -0.4 is 10.6 Å². The van der Waals surface area contributed by atoms with Crippen LogP contribution in [0, 0.1) is 11.8 Å². The molecule has 2 N–H and O–H groups in total. The number of nitrogens with zero attached hydrogens (tertiary/aromatic N) is 1. The first-order chi connectivity index (χ1) is 12.0. The molecular weight excluding hydrogens is 338 g/mol. The maximum atomic E-state index is 11.7. The first kappa shape index (κ1) is 19.0. The standard InChI is InChI=1S/C18H33N3O3S/c1-14-4-2-3-5-17(14)21-18(20-16-6-9-24-10-7-16)19-12-15-8-11-25(22,23)13-15/h14-17H,2-13H2,1H3,(H2,19,20,21). The molecule has 2 heterocycles. The summed E-state index contributed by atoms with van der Waals surface area (Å²) < 4.78 is 28.8. The third kappa shape index (κ3) is 5.84. The Hall–Kier alpha value is -0.820. The maximum absolute atomic E-state index is 11.7. The van der Waals surface area contributed by atoms with Crippen molar-refractivity contribution in [1.82, 2.24) is 10.6 Å². The molecule has 144 valence electrons. The second-order valence-corrected chi connectivity index (χ2v) is 10.2. The second kappa shape index (κ2) is 8.71. The zero-order chi connectivity index (χ0) is 17.7. The van der Waals surface area contributed by atoms with Crippen LogP contribution in [-0.2, 0) is 14.6 Å².